The minimum atomic E-state index is -2.64. The molecule has 0 radical (unpaired) electrons. The molecular formula is C24H34F2N2O2. The van der Waals surface area contributed by atoms with Crippen LogP contribution in [-0.2, 0) is 11.3 Å². The van der Waals surface area contributed by atoms with Crippen molar-refractivity contribution in [2.24, 2.45) is 40.9 Å². The lowest BCUT2D eigenvalue weighted by atomic mass is 9.49. The molecule has 0 bridgehead atoms. The second-order valence-corrected chi connectivity index (χ2v) is 10.9. The van der Waals surface area contributed by atoms with Gasteiger partial charge in [-0.2, -0.15) is 5.10 Å². The number of carbonyl (C=O) groups excluding carboxylic acids is 1. The van der Waals surface area contributed by atoms with Crippen molar-refractivity contribution < 1.29 is 18.7 Å². The SMILES string of the molecule is C[C@]12CC[C@H]3[C@@H](CC[C@@H]4C[C@@](O)(C(F)F)CC[C@@H]43)[C@@H]1CC[C@@H]2C(=O)Cn1cccn1. The maximum Gasteiger partial charge on any atom is 0.266 e. The first-order valence-electron chi connectivity index (χ1n) is 11.8. The third-order valence-electron chi connectivity index (χ3n) is 9.72. The molecule has 0 amide bonds. The number of rotatable bonds is 4. The van der Waals surface area contributed by atoms with Gasteiger partial charge >= 0.3 is 0 Å². The average molecular weight is 421 g/mol. The monoisotopic (exact) mass is 420 g/mol. The van der Waals surface area contributed by atoms with E-state index < -0.39 is 12.0 Å². The Kier molecular flexibility index (Phi) is 5.07. The Morgan fingerprint density at radius 1 is 1.13 bits per heavy atom. The molecule has 4 nitrogen and oxygen atoms in total. The summed E-state index contributed by atoms with van der Waals surface area (Å²) < 4.78 is 28.5. The van der Waals surface area contributed by atoms with Gasteiger partial charge in [-0.1, -0.05) is 6.92 Å². The molecule has 0 aromatic carbocycles. The summed E-state index contributed by atoms with van der Waals surface area (Å²) in [4.78, 5) is 13.1. The third-order valence-corrected chi connectivity index (χ3v) is 9.72. The van der Waals surface area contributed by atoms with Crippen molar-refractivity contribution in [3.63, 3.8) is 0 Å². The summed E-state index contributed by atoms with van der Waals surface area (Å²) >= 11 is 0. The fourth-order valence-electron chi connectivity index (χ4n) is 8.30. The van der Waals surface area contributed by atoms with E-state index in [0.717, 1.165) is 44.9 Å². The van der Waals surface area contributed by atoms with E-state index in [4.69, 9.17) is 0 Å². The number of aliphatic hydroxyl groups is 1. The molecule has 4 aliphatic rings. The van der Waals surface area contributed by atoms with Crippen molar-refractivity contribution in [2.75, 3.05) is 0 Å². The van der Waals surface area contributed by atoms with E-state index in [2.05, 4.69) is 12.0 Å². The van der Waals surface area contributed by atoms with Crippen LogP contribution in [0.3, 0.4) is 0 Å². The van der Waals surface area contributed by atoms with Gasteiger partial charge in [0.25, 0.3) is 6.43 Å². The number of Topliss-reactive ketones (excluding diaryl/α,β-unsaturated/α-hetero) is 1. The number of fused-ring (bicyclic) bond motifs is 5. The first-order valence-corrected chi connectivity index (χ1v) is 11.8. The van der Waals surface area contributed by atoms with Crippen molar-refractivity contribution in [1.29, 1.82) is 0 Å². The molecule has 166 valence electrons. The van der Waals surface area contributed by atoms with Gasteiger partial charge in [0.15, 0.2) is 5.78 Å². The van der Waals surface area contributed by atoms with Crippen LogP contribution >= 0.6 is 0 Å². The van der Waals surface area contributed by atoms with Gasteiger partial charge < -0.3 is 5.11 Å². The normalized spacial score (nSPS) is 45.6. The van der Waals surface area contributed by atoms with Crippen molar-refractivity contribution >= 4 is 5.78 Å². The van der Waals surface area contributed by atoms with Crippen LogP contribution in [-0.4, -0.2) is 32.7 Å². The lowest BCUT2D eigenvalue weighted by Crippen LogP contribution is -2.53. The summed E-state index contributed by atoms with van der Waals surface area (Å²) in [5.74, 6) is 2.92. The number of ketones is 1. The number of aromatic nitrogens is 2. The average Bonchev–Trinajstić information content (AvgIpc) is 3.34. The van der Waals surface area contributed by atoms with Gasteiger partial charge in [-0.15, -0.1) is 0 Å². The molecule has 5 rings (SSSR count). The van der Waals surface area contributed by atoms with Gasteiger partial charge in [-0.25, -0.2) is 8.78 Å². The molecule has 1 aromatic heterocycles. The third kappa shape index (κ3) is 3.16. The van der Waals surface area contributed by atoms with Crippen molar-refractivity contribution in [1.82, 2.24) is 9.78 Å². The highest BCUT2D eigenvalue weighted by Crippen LogP contribution is 2.64. The van der Waals surface area contributed by atoms with E-state index in [1.54, 1.807) is 10.9 Å². The Labute approximate surface area is 177 Å². The van der Waals surface area contributed by atoms with Crippen LogP contribution in [0.5, 0.6) is 0 Å². The predicted octanol–water partition coefficient (Wildman–Crippen LogP) is 4.72. The number of halogens is 2. The van der Waals surface area contributed by atoms with Crippen LogP contribution in [0.15, 0.2) is 18.5 Å². The number of alkyl halides is 2. The Morgan fingerprint density at radius 2 is 1.93 bits per heavy atom. The molecule has 1 heterocycles. The zero-order chi connectivity index (χ0) is 21.1. The van der Waals surface area contributed by atoms with E-state index in [1.165, 1.54) is 0 Å². The highest BCUT2D eigenvalue weighted by molar-refractivity contribution is 5.82. The van der Waals surface area contributed by atoms with Crippen molar-refractivity contribution in [3.8, 4) is 0 Å². The Bertz CT molecular complexity index is 784. The quantitative estimate of drug-likeness (QED) is 0.767. The first-order chi connectivity index (χ1) is 14.3. The molecule has 4 fully saturated rings. The van der Waals surface area contributed by atoms with Gasteiger partial charge in [0, 0.05) is 18.3 Å². The summed E-state index contributed by atoms with van der Waals surface area (Å²) in [5.41, 5.74) is -1.70. The lowest BCUT2D eigenvalue weighted by molar-refractivity contribution is -0.160. The maximum absolute atomic E-state index is 13.4. The smallest absolute Gasteiger partial charge is 0.266 e. The molecule has 30 heavy (non-hydrogen) atoms. The van der Waals surface area contributed by atoms with Crippen molar-refractivity contribution in [3.05, 3.63) is 18.5 Å². The highest BCUT2D eigenvalue weighted by Gasteiger charge is 2.59. The molecular weight excluding hydrogens is 386 g/mol. The maximum atomic E-state index is 13.4. The minimum Gasteiger partial charge on any atom is -0.384 e. The van der Waals surface area contributed by atoms with Crippen molar-refractivity contribution in [2.45, 2.75) is 83.3 Å². The second-order valence-electron chi connectivity index (χ2n) is 10.9. The number of nitrogens with zero attached hydrogens (tertiary/aromatic N) is 2. The van der Waals surface area contributed by atoms with Gasteiger partial charge in [0.1, 0.15) is 5.60 Å². The zero-order valence-corrected chi connectivity index (χ0v) is 17.9. The summed E-state index contributed by atoms with van der Waals surface area (Å²) in [6.07, 6.45) is 8.48. The molecule has 0 spiro atoms. The van der Waals surface area contributed by atoms with Gasteiger partial charge in [-0.3, -0.25) is 9.48 Å². The molecule has 0 saturated heterocycles. The molecule has 4 aliphatic carbocycles. The fraction of sp³-hybridized carbons (Fsp3) is 0.833. The number of hydrogen-bond donors (Lipinski definition) is 1. The summed E-state index contributed by atoms with van der Waals surface area (Å²) in [7, 11) is 0. The van der Waals surface area contributed by atoms with Gasteiger partial charge in [0.05, 0.1) is 6.54 Å². The summed E-state index contributed by atoms with van der Waals surface area (Å²) in [6, 6.07) is 1.86. The largest absolute Gasteiger partial charge is 0.384 e. The lowest BCUT2D eigenvalue weighted by Gasteiger charge is -2.57. The van der Waals surface area contributed by atoms with E-state index in [-0.39, 0.29) is 30.1 Å². The number of hydrogen-bond acceptors (Lipinski definition) is 3. The van der Waals surface area contributed by atoms with Crippen LogP contribution in [0, 0.1) is 40.9 Å². The molecule has 6 heteroatoms. The fourth-order valence-corrected chi connectivity index (χ4v) is 8.30. The number of carbonyl (C=O) groups is 1. The molecule has 1 N–H and O–H groups in total. The van der Waals surface area contributed by atoms with E-state index in [9.17, 15) is 18.7 Å². The standard InChI is InChI=1S/C24H34F2N2O2/c1-23-9-7-17-16-8-10-24(30,22(25)26)13-15(16)3-4-18(17)19(23)5-6-20(23)21(29)14-28-12-2-11-27-28/h2,11-12,15-20,22,30H,3-10,13-14H2,1H3/t15-,16+,17-,18-,19+,20-,23+,24-/m1/s1. The van der Waals surface area contributed by atoms with Crippen LogP contribution in [0.2, 0.25) is 0 Å². The Hall–Kier alpha value is -1.30. The summed E-state index contributed by atoms with van der Waals surface area (Å²) in [5, 5.41) is 14.6. The summed E-state index contributed by atoms with van der Waals surface area (Å²) in [6.45, 7) is 2.71. The molecule has 1 aromatic rings. The van der Waals surface area contributed by atoms with Crippen LogP contribution in [0.1, 0.15) is 64.7 Å². The van der Waals surface area contributed by atoms with E-state index >= 15 is 0 Å². The second kappa shape index (κ2) is 7.39. The van der Waals surface area contributed by atoms with Gasteiger partial charge in [-0.05, 0) is 98.9 Å². The predicted molar refractivity (Wildman–Crippen MR) is 109 cm³/mol. The first kappa shape index (κ1) is 20.6. The van der Waals surface area contributed by atoms with Gasteiger partial charge in [0.2, 0.25) is 0 Å². The molecule has 0 aliphatic heterocycles. The Balaban J connectivity index is 1.30. The highest BCUT2D eigenvalue weighted by atomic mass is 19.3. The van der Waals surface area contributed by atoms with E-state index in [0.29, 0.717) is 36.0 Å². The zero-order valence-electron chi connectivity index (χ0n) is 17.9. The van der Waals surface area contributed by atoms with Crippen LogP contribution in [0.25, 0.3) is 0 Å². The molecule has 8 atom stereocenters. The van der Waals surface area contributed by atoms with Crippen LogP contribution < -0.4 is 0 Å². The molecule has 0 unspecified atom stereocenters. The Morgan fingerprint density at radius 3 is 2.67 bits per heavy atom. The van der Waals surface area contributed by atoms with Crippen LogP contribution in [0.4, 0.5) is 8.78 Å². The minimum absolute atomic E-state index is 0.0661. The topological polar surface area (TPSA) is 55.1 Å². The molecule has 4 saturated carbocycles. The van der Waals surface area contributed by atoms with E-state index in [1.807, 2.05) is 12.3 Å².